The number of hydrogen-bond donors (Lipinski definition) is 0. The minimum atomic E-state index is 0.0133. The van der Waals surface area contributed by atoms with Crippen LogP contribution in [-0.2, 0) is 6.54 Å². The third-order valence-corrected chi connectivity index (χ3v) is 6.31. The molecule has 0 aliphatic carbocycles. The van der Waals surface area contributed by atoms with Crippen LogP contribution in [0.4, 0.5) is 0 Å². The van der Waals surface area contributed by atoms with Crippen molar-refractivity contribution in [1.29, 1.82) is 5.26 Å². The predicted octanol–water partition coefficient (Wildman–Crippen LogP) is 3.35. The van der Waals surface area contributed by atoms with Crippen LogP contribution >= 0.6 is 0 Å². The van der Waals surface area contributed by atoms with Gasteiger partial charge >= 0.3 is 0 Å². The summed E-state index contributed by atoms with van der Waals surface area (Å²) >= 11 is 0. The molecule has 0 atom stereocenters. The van der Waals surface area contributed by atoms with E-state index in [2.05, 4.69) is 21.9 Å². The van der Waals surface area contributed by atoms with Crippen LogP contribution in [0.3, 0.4) is 0 Å². The van der Waals surface area contributed by atoms with E-state index in [1.54, 1.807) is 18.4 Å². The molecule has 2 aliphatic rings. The van der Waals surface area contributed by atoms with Gasteiger partial charge < -0.3 is 14.2 Å². The number of likely N-dealkylation sites (tertiary alicyclic amines) is 2. The fourth-order valence-electron chi connectivity index (χ4n) is 4.63. The number of carbonyl (C=O) groups is 1. The number of piperidine rings is 1. The summed E-state index contributed by atoms with van der Waals surface area (Å²) in [6.07, 6.45) is 6.02. The van der Waals surface area contributed by atoms with Crippen molar-refractivity contribution in [1.82, 2.24) is 14.7 Å². The zero-order valence-electron chi connectivity index (χ0n) is 17.5. The van der Waals surface area contributed by atoms with E-state index < -0.39 is 0 Å². The minimum absolute atomic E-state index is 0.0133. The standard InChI is InChI=1S/C24H30N4O2/c25-18-20-5-3-6-21(17-20)19-27-12-8-22(9-13-27)28(15-14-26-10-1-2-11-26)24(29)23-7-4-16-30-23/h3-7,16-17,22H,1-2,8-15,19H2. The normalized spacial score (nSPS) is 18.4. The molecular weight excluding hydrogens is 376 g/mol. The average Bonchev–Trinajstić information content (AvgIpc) is 3.49. The molecule has 0 spiro atoms. The summed E-state index contributed by atoms with van der Waals surface area (Å²) in [6.45, 7) is 6.73. The Morgan fingerprint density at radius 3 is 2.60 bits per heavy atom. The van der Waals surface area contributed by atoms with E-state index in [9.17, 15) is 4.79 Å². The van der Waals surface area contributed by atoms with E-state index in [-0.39, 0.29) is 11.9 Å². The molecule has 30 heavy (non-hydrogen) atoms. The molecule has 2 aromatic rings. The summed E-state index contributed by atoms with van der Waals surface area (Å²) in [5.41, 5.74) is 1.88. The van der Waals surface area contributed by atoms with Gasteiger partial charge in [0.15, 0.2) is 5.76 Å². The number of hydrogen-bond acceptors (Lipinski definition) is 5. The van der Waals surface area contributed by atoms with Crippen molar-refractivity contribution in [3.05, 3.63) is 59.5 Å². The average molecular weight is 407 g/mol. The molecule has 1 aromatic heterocycles. The molecule has 0 bridgehead atoms. The van der Waals surface area contributed by atoms with Crippen LogP contribution < -0.4 is 0 Å². The summed E-state index contributed by atoms with van der Waals surface area (Å²) in [4.78, 5) is 20.0. The Morgan fingerprint density at radius 2 is 1.90 bits per heavy atom. The van der Waals surface area contributed by atoms with Crippen LogP contribution in [0, 0.1) is 11.3 Å². The molecule has 0 unspecified atom stereocenters. The van der Waals surface area contributed by atoms with E-state index in [0.717, 1.165) is 58.7 Å². The Morgan fingerprint density at radius 1 is 1.10 bits per heavy atom. The molecule has 4 rings (SSSR count). The first-order chi connectivity index (χ1) is 14.7. The van der Waals surface area contributed by atoms with Gasteiger partial charge in [-0.1, -0.05) is 12.1 Å². The number of nitriles is 1. The maximum Gasteiger partial charge on any atom is 0.289 e. The second kappa shape index (κ2) is 9.92. The maximum atomic E-state index is 13.1. The summed E-state index contributed by atoms with van der Waals surface area (Å²) in [5.74, 6) is 0.450. The number of benzene rings is 1. The lowest BCUT2D eigenvalue weighted by Crippen LogP contribution is -2.49. The van der Waals surface area contributed by atoms with Gasteiger partial charge in [-0.15, -0.1) is 0 Å². The second-order valence-electron chi connectivity index (χ2n) is 8.34. The topological polar surface area (TPSA) is 63.7 Å². The van der Waals surface area contributed by atoms with Crippen LogP contribution in [-0.4, -0.2) is 65.9 Å². The van der Waals surface area contributed by atoms with Gasteiger partial charge in [0, 0.05) is 38.8 Å². The molecule has 0 saturated carbocycles. The van der Waals surface area contributed by atoms with E-state index in [1.165, 1.54) is 18.4 Å². The fourth-order valence-corrected chi connectivity index (χ4v) is 4.63. The molecule has 3 heterocycles. The number of furan rings is 1. The highest BCUT2D eigenvalue weighted by Crippen LogP contribution is 2.21. The highest BCUT2D eigenvalue weighted by molar-refractivity contribution is 5.91. The van der Waals surface area contributed by atoms with Gasteiger partial charge in [0.1, 0.15) is 0 Å². The predicted molar refractivity (Wildman–Crippen MR) is 115 cm³/mol. The second-order valence-corrected chi connectivity index (χ2v) is 8.34. The molecule has 158 valence electrons. The van der Waals surface area contributed by atoms with Gasteiger partial charge in [0.2, 0.25) is 0 Å². The smallest absolute Gasteiger partial charge is 0.289 e. The van der Waals surface area contributed by atoms with Crippen molar-refractivity contribution >= 4 is 5.91 Å². The van der Waals surface area contributed by atoms with Crippen molar-refractivity contribution < 1.29 is 9.21 Å². The minimum Gasteiger partial charge on any atom is -0.459 e. The molecule has 0 N–H and O–H groups in total. The first-order valence-electron chi connectivity index (χ1n) is 11.0. The first kappa shape index (κ1) is 20.6. The van der Waals surface area contributed by atoms with E-state index in [4.69, 9.17) is 9.68 Å². The molecule has 1 aromatic carbocycles. The molecule has 2 saturated heterocycles. The van der Waals surface area contributed by atoms with Crippen LogP contribution in [0.15, 0.2) is 47.1 Å². The molecule has 6 heteroatoms. The number of rotatable bonds is 7. The Hall–Kier alpha value is -2.62. The van der Waals surface area contributed by atoms with Gasteiger partial charge in [-0.05, 0) is 68.6 Å². The third-order valence-electron chi connectivity index (χ3n) is 6.31. The van der Waals surface area contributed by atoms with Crippen LogP contribution in [0.25, 0.3) is 0 Å². The number of carbonyl (C=O) groups excluding carboxylic acids is 1. The van der Waals surface area contributed by atoms with Gasteiger partial charge in [-0.3, -0.25) is 9.69 Å². The molecule has 0 radical (unpaired) electrons. The molecule has 6 nitrogen and oxygen atoms in total. The molecule has 2 aliphatic heterocycles. The van der Waals surface area contributed by atoms with Gasteiger partial charge in [-0.25, -0.2) is 0 Å². The van der Waals surface area contributed by atoms with Crippen molar-refractivity contribution in [3.8, 4) is 6.07 Å². The van der Waals surface area contributed by atoms with E-state index in [1.807, 2.05) is 23.1 Å². The first-order valence-corrected chi connectivity index (χ1v) is 11.0. The Kier molecular flexibility index (Phi) is 6.83. The Labute approximate surface area is 178 Å². The monoisotopic (exact) mass is 406 g/mol. The largest absolute Gasteiger partial charge is 0.459 e. The molecule has 2 fully saturated rings. The highest BCUT2D eigenvalue weighted by Gasteiger charge is 2.30. The summed E-state index contributed by atoms with van der Waals surface area (Å²) in [5, 5.41) is 9.11. The van der Waals surface area contributed by atoms with E-state index in [0.29, 0.717) is 11.3 Å². The van der Waals surface area contributed by atoms with Gasteiger partial charge in [0.05, 0.1) is 17.9 Å². The SMILES string of the molecule is N#Cc1cccc(CN2CCC(N(CCN3CCCC3)C(=O)c3ccco3)CC2)c1. The number of nitrogens with zero attached hydrogens (tertiary/aromatic N) is 4. The number of amides is 1. The zero-order chi connectivity index (χ0) is 20.8. The quantitative estimate of drug-likeness (QED) is 0.706. The summed E-state index contributed by atoms with van der Waals surface area (Å²) < 4.78 is 5.42. The van der Waals surface area contributed by atoms with E-state index >= 15 is 0 Å². The van der Waals surface area contributed by atoms with Crippen molar-refractivity contribution in [2.24, 2.45) is 0 Å². The van der Waals surface area contributed by atoms with Crippen molar-refractivity contribution in [2.75, 3.05) is 39.3 Å². The van der Waals surface area contributed by atoms with Gasteiger partial charge in [0.25, 0.3) is 5.91 Å². The van der Waals surface area contributed by atoms with Crippen LogP contribution in [0.2, 0.25) is 0 Å². The summed E-state index contributed by atoms with van der Waals surface area (Å²) in [6, 6.07) is 13.8. The van der Waals surface area contributed by atoms with Crippen LogP contribution in [0.5, 0.6) is 0 Å². The summed E-state index contributed by atoms with van der Waals surface area (Å²) in [7, 11) is 0. The fraction of sp³-hybridized carbons (Fsp3) is 0.500. The zero-order valence-corrected chi connectivity index (χ0v) is 17.5. The lowest BCUT2D eigenvalue weighted by atomic mass is 10.0. The van der Waals surface area contributed by atoms with Crippen LogP contribution in [0.1, 0.15) is 47.4 Å². The molecule has 1 amide bonds. The Bertz CT molecular complexity index is 860. The third kappa shape index (κ3) is 5.10. The lowest BCUT2D eigenvalue weighted by molar-refractivity contribution is 0.0511. The Balaban J connectivity index is 1.36. The van der Waals surface area contributed by atoms with Crippen molar-refractivity contribution in [3.63, 3.8) is 0 Å². The van der Waals surface area contributed by atoms with Gasteiger partial charge in [-0.2, -0.15) is 5.26 Å². The van der Waals surface area contributed by atoms with Crippen molar-refractivity contribution in [2.45, 2.75) is 38.3 Å². The maximum absolute atomic E-state index is 13.1. The molecular formula is C24H30N4O2. The highest BCUT2D eigenvalue weighted by atomic mass is 16.3. The lowest BCUT2D eigenvalue weighted by Gasteiger charge is -2.39.